The van der Waals surface area contributed by atoms with E-state index in [0.29, 0.717) is 11.9 Å². The van der Waals surface area contributed by atoms with E-state index in [1.165, 1.54) is 24.1 Å². The third kappa shape index (κ3) is 3.11. The second-order valence-corrected chi connectivity index (χ2v) is 7.52. The zero-order valence-electron chi connectivity index (χ0n) is 14.5. The molecule has 2 aliphatic heterocycles. The fourth-order valence-electron chi connectivity index (χ4n) is 4.33. The molecule has 1 aliphatic carbocycles. The van der Waals surface area contributed by atoms with Crippen molar-refractivity contribution in [1.29, 1.82) is 0 Å². The highest BCUT2D eigenvalue weighted by Gasteiger charge is 2.34. The Hall–Kier alpha value is -1.69. The van der Waals surface area contributed by atoms with Crippen LogP contribution in [0.25, 0.3) is 0 Å². The van der Waals surface area contributed by atoms with Crippen LogP contribution in [0.15, 0.2) is 6.33 Å². The number of nitrogens with one attached hydrogen (secondary N) is 1. The zero-order valence-corrected chi connectivity index (χ0v) is 14.5. The Morgan fingerprint density at radius 3 is 2.88 bits per heavy atom. The molecular formula is C18H27N5O. The smallest absolute Gasteiger partial charge is 0.225 e. The van der Waals surface area contributed by atoms with Crippen LogP contribution in [0.5, 0.6) is 0 Å². The minimum absolute atomic E-state index is 0.195. The predicted molar refractivity (Wildman–Crippen MR) is 92.6 cm³/mol. The molecule has 0 bridgehead atoms. The monoisotopic (exact) mass is 329 g/mol. The van der Waals surface area contributed by atoms with Gasteiger partial charge in [0.2, 0.25) is 5.91 Å². The van der Waals surface area contributed by atoms with Gasteiger partial charge in [-0.2, -0.15) is 0 Å². The van der Waals surface area contributed by atoms with Gasteiger partial charge in [0.25, 0.3) is 0 Å². The van der Waals surface area contributed by atoms with E-state index in [2.05, 4.69) is 32.1 Å². The first-order chi connectivity index (χ1) is 11.7. The van der Waals surface area contributed by atoms with Crippen molar-refractivity contribution in [2.45, 2.75) is 51.1 Å². The molecule has 1 saturated heterocycles. The Kier molecular flexibility index (Phi) is 4.39. The van der Waals surface area contributed by atoms with E-state index in [1.54, 1.807) is 6.33 Å². The van der Waals surface area contributed by atoms with E-state index in [0.717, 1.165) is 57.7 Å². The van der Waals surface area contributed by atoms with Gasteiger partial charge in [-0.05, 0) is 39.2 Å². The molecule has 1 amide bonds. The molecule has 1 N–H and O–H groups in total. The first-order valence-electron chi connectivity index (χ1n) is 9.27. The summed E-state index contributed by atoms with van der Waals surface area (Å²) in [6.45, 7) is 3.87. The summed E-state index contributed by atoms with van der Waals surface area (Å²) in [5.41, 5.74) is 2.41. The van der Waals surface area contributed by atoms with Crippen molar-refractivity contribution >= 4 is 11.7 Å². The SMILES string of the molecule is CN1CCc2ncnc(N[C@H]3CC[C@@H](C(=O)N4CCCC4)C3)c2C1. The molecule has 6 nitrogen and oxygen atoms in total. The summed E-state index contributed by atoms with van der Waals surface area (Å²) < 4.78 is 0. The summed E-state index contributed by atoms with van der Waals surface area (Å²) in [6, 6.07) is 0.354. The van der Waals surface area contributed by atoms with E-state index in [9.17, 15) is 4.79 Å². The van der Waals surface area contributed by atoms with Gasteiger partial charge in [0.15, 0.2) is 0 Å². The normalized spacial score (nSPS) is 27.3. The minimum Gasteiger partial charge on any atom is -0.367 e. The Morgan fingerprint density at radius 2 is 2.04 bits per heavy atom. The highest BCUT2D eigenvalue weighted by atomic mass is 16.2. The van der Waals surface area contributed by atoms with Gasteiger partial charge in [-0.3, -0.25) is 4.79 Å². The summed E-state index contributed by atoms with van der Waals surface area (Å²) in [6.07, 6.45) is 7.99. The van der Waals surface area contributed by atoms with E-state index in [1.807, 2.05) is 0 Å². The van der Waals surface area contributed by atoms with Gasteiger partial charge >= 0.3 is 0 Å². The van der Waals surface area contributed by atoms with Crippen molar-refractivity contribution in [2.24, 2.45) is 5.92 Å². The highest BCUT2D eigenvalue weighted by Crippen LogP contribution is 2.32. The molecule has 1 aromatic rings. The van der Waals surface area contributed by atoms with Crippen LogP contribution in [-0.2, 0) is 17.8 Å². The van der Waals surface area contributed by atoms with Crippen LogP contribution >= 0.6 is 0 Å². The van der Waals surface area contributed by atoms with Gasteiger partial charge in [-0.1, -0.05) is 0 Å². The number of likely N-dealkylation sites (tertiary alicyclic amines) is 1. The molecule has 3 aliphatic rings. The van der Waals surface area contributed by atoms with E-state index < -0.39 is 0 Å². The number of carbonyl (C=O) groups excluding carboxylic acids is 1. The van der Waals surface area contributed by atoms with Crippen LogP contribution in [-0.4, -0.2) is 58.4 Å². The van der Waals surface area contributed by atoms with Crippen molar-refractivity contribution in [1.82, 2.24) is 19.8 Å². The molecule has 24 heavy (non-hydrogen) atoms. The Bertz CT molecular complexity index is 613. The molecule has 1 saturated carbocycles. The summed E-state index contributed by atoms with van der Waals surface area (Å²) in [7, 11) is 2.14. The molecule has 3 heterocycles. The Balaban J connectivity index is 1.41. The summed E-state index contributed by atoms with van der Waals surface area (Å²) in [5, 5.41) is 3.62. The molecule has 2 atom stereocenters. The average molecular weight is 329 g/mol. The molecule has 0 radical (unpaired) electrons. The Morgan fingerprint density at radius 1 is 1.21 bits per heavy atom. The number of nitrogens with zero attached hydrogens (tertiary/aromatic N) is 4. The van der Waals surface area contributed by atoms with Crippen LogP contribution in [0, 0.1) is 5.92 Å². The largest absolute Gasteiger partial charge is 0.367 e. The molecule has 1 aromatic heterocycles. The number of amides is 1. The lowest BCUT2D eigenvalue weighted by molar-refractivity contribution is -0.134. The molecule has 0 aromatic carbocycles. The van der Waals surface area contributed by atoms with Crippen molar-refractivity contribution in [3.05, 3.63) is 17.6 Å². The van der Waals surface area contributed by atoms with Crippen molar-refractivity contribution in [3.63, 3.8) is 0 Å². The lowest BCUT2D eigenvalue weighted by atomic mass is 10.1. The third-order valence-corrected chi connectivity index (χ3v) is 5.73. The number of hydrogen-bond donors (Lipinski definition) is 1. The quantitative estimate of drug-likeness (QED) is 0.914. The second-order valence-electron chi connectivity index (χ2n) is 7.52. The number of anilines is 1. The molecule has 130 valence electrons. The molecular weight excluding hydrogens is 302 g/mol. The van der Waals surface area contributed by atoms with Gasteiger partial charge < -0.3 is 15.1 Å². The van der Waals surface area contributed by atoms with E-state index in [4.69, 9.17) is 0 Å². The van der Waals surface area contributed by atoms with Gasteiger partial charge in [-0.25, -0.2) is 9.97 Å². The molecule has 6 heteroatoms. The fourth-order valence-corrected chi connectivity index (χ4v) is 4.33. The number of rotatable bonds is 3. The van der Waals surface area contributed by atoms with Gasteiger partial charge in [0, 0.05) is 50.1 Å². The summed E-state index contributed by atoms with van der Waals surface area (Å²) >= 11 is 0. The van der Waals surface area contributed by atoms with Crippen LogP contribution in [0.4, 0.5) is 5.82 Å². The van der Waals surface area contributed by atoms with Crippen LogP contribution in [0.1, 0.15) is 43.4 Å². The lowest BCUT2D eigenvalue weighted by Crippen LogP contribution is -2.33. The molecule has 4 rings (SSSR count). The second kappa shape index (κ2) is 6.67. The molecule has 2 fully saturated rings. The Labute approximate surface area is 143 Å². The van der Waals surface area contributed by atoms with Gasteiger partial charge in [0.05, 0.1) is 5.69 Å². The number of carbonyl (C=O) groups is 1. The van der Waals surface area contributed by atoms with E-state index >= 15 is 0 Å². The van der Waals surface area contributed by atoms with Crippen molar-refractivity contribution in [2.75, 3.05) is 32.0 Å². The van der Waals surface area contributed by atoms with Crippen molar-refractivity contribution in [3.8, 4) is 0 Å². The van der Waals surface area contributed by atoms with Crippen LogP contribution in [0.2, 0.25) is 0 Å². The number of hydrogen-bond acceptors (Lipinski definition) is 5. The standard InChI is InChI=1S/C18H27N5O/c1-22-9-6-16-15(11-22)17(20-12-19-16)21-14-5-4-13(10-14)18(24)23-7-2-3-8-23/h12-14H,2-11H2,1H3,(H,19,20,21)/t13-,14+/m1/s1. The van der Waals surface area contributed by atoms with Gasteiger partial charge in [-0.15, -0.1) is 0 Å². The minimum atomic E-state index is 0.195. The van der Waals surface area contributed by atoms with Crippen molar-refractivity contribution < 1.29 is 4.79 Å². The maximum Gasteiger partial charge on any atom is 0.225 e. The summed E-state index contributed by atoms with van der Waals surface area (Å²) in [4.78, 5) is 25.9. The first kappa shape index (κ1) is 15.8. The summed E-state index contributed by atoms with van der Waals surface area (Å²) in [5.74, 6) is 1.55. The predicted octanol–water partition coefficient (Wildman–Crippen LogP) is 1.67. The zero-order chi connectivity index (χ0) is 16.5. The van der Waals surface area contributed by atoms with Crippen LogP contribution in [0.3, 0.4) is 0 Å². The molecule has 0 spiro atoms. The lowest BCUT2D eigenvalue weighted by Gasteiger charge is -2.26. The maximum atomic E-state index is 12.6. The topological polar surface area (TPSA) is 61.4 Å². The average Bonchev–Trinajstić information content (AvgIpc) is 3.26. The van der Waals surface area contributed by atoms with E-state index in [-0.39, 0.29) is 5.92 Å². The highest BCUT2D eigenvalue weighted by molar-refractivity contribution is 5.79. The fraction of sp³-hybridized carbons (Fsp3) is 0.722. The first-order valence-corrected chi connectivity index (χ1v) is 9.27. The molecule has 0 unspecified atom stereocenters. The number of likely N-dealkylation sites (N-methyl/N-ethyl adjacent to an activating group) is 1. The number of fused-ring (bicyclic) bond motifs is 1. The van der Waals surface area contributed by atoms with Crippen LogP contribution < -0.4 is 5.32 Å². The number of aromatic nitrogens is 2. The van der Waals surface area contributed by atoms with Gasteiger partial charge in [0.1, 0.15) is 12.1 Å². The maximum absolute atomic E-state index is 12.6. The third-order valence-electron chi connectivity index (χ3n) is 5.73.